The molecular formula is C11H7BrFNO4. The SMILES string of the molecule is O=[N+]([O-])c1ccc(COc2ccc(F)c(Br)c2)o1. The predicted molar refractivity (Wildman–Crippen MR) is 63.8 cm³/mol. The van der Waals surface area contributed by atoms with Crippen molar-refractivity contribution in [1.29, 1.82) is 0 Å². The quantitative estimate of drug-likeness (QED) is 0.637. The van der Waals surface area contributed by atoms with E-state index in [0.717, 1.165) is 0 Å². The highest BCUT2D eigenvalue weighted by atomic mass is 79.9. The molecule has 1 heterocycles. The van der Waals surface area contributed by atoms with Crippen LogP contribution in [0.15, 0.2) is 39.2 Å². The lowest BCUT2D eigenvalue weighted by Gasteiger charge is -2.04. The number of ether oxygens (including phenoxy) is 1. The van der Waals surface area contributed by atoms with E-state index in [1.54, 1.807) is 0 Å². The Labute approximate surface area is 109 Å². The maximum absolute atomic E-state index is 13.0. The first-order chi connectivity index (χ1) is 8.56. The van der Waals surface area contributed by atoms with E-state index >= 15 is 0 Å². The van der Waals surface area contributed by atoms with Crippen LogP contribution in [0.5, 0.6) is 5.75 Å². The molecule has 7 heteroatoms. The van der Waals surface area contributed by atoms with Gasteiger partial charge in [-0.05, 0) is 40.2 Å². The van der Waals surface area contributed by atoms with Crippen LogP contribution in [0.2, 0.25) is 0 Å². The normalized spacial score (nSPS) is 10.3. The van der Waals surface area contributed by atoms with Crippen molar-refractivity contribution in [2.75, 3.05) is 0 Å². The third kappa shape index (κ3) is 2.86. The Morgan fingerprint density at radius 3 is 2.78 bits per heavy atom. The van der Waals surface area contributed by atoms with Crippen molar-refractivity contribution in [3.8, 4) is 5.75 Å². The van der Waals surface area contributed by atoms with Crippen LogP contribution in [0.3, 0.4) is 0 Å². The van der Waals surface area contributed by atoms with Gasteiger partial charge in [-0.15, -0.1) is 0 Å². The van der Waals surface area contributed by atoms with Gasteiger partial charge in [-0.25, -0.2) is 4.39 Å². The van der Waals surface area contributed by atoms with Crippen molar-refractivity contribution >= 4 is 21.8 Å². The standard InChI is InChI=1S/C11H7BrFNO4/c12-9-5-7(1-3-10(9)13)17-6-8-2-4-11(18-8)14(15)16/h1-5H,6H2. The second-order valence-electron chi connectivity index (χ2n) is 3.36. The second-order valence-corrected chi connectivity index (χ2v) is 4.22. The molecule has 1 aromatic carbocycles. The maximum Gasteiger partial charge on any atom is 0.433 e. The minimum Gasteiger partial charge on any atom is -0.486 e. The van der Waals surface area contributed by atoms with Gasteiger partial charge in [-0.3, -0.25) is 10.1 Å². The Morgan fingerprint density at radius 2 is 2.17 bits per heavy atom. The van der Waals surface area contributed by atoms with Gasteiger partial charge in [0.25, 0.3) is 0 Å². The van der Waals surface area contributed by atoms with Crippen molar-refractivity contribution in [2.45, 2.75) is 6.61 Å². The van der Waals surface area contributed by atoms with Crippen molar-refractivity contribution in [1.82, 2.24) is 0 Å². The molecule has 0 bridgehead atoms. The number of hydrogen-bond donors (Lipinski definition) is 0. The van der Waals surface area contributed by atoms with Crippen LogP contribution in [0, 0.1) is 15.9 Å². The summed E-state index contributed by atoms with van der Waals surface area (Å²) in [6.45, 7) is 0.0336. The van der Waals surface area contributed by atoms with E-state index in [0.29, 0.717) is 11.5 Å². The van der Waals surface area contributed by atoms with Crippen LogP contribution in [-0.2, 0) is 6.61 Å². The number of rotatable bonds is 4. The molecule has 2 rings (SSSR count). The van der Waals surface area contributed by atoms with Crippen molar-refractivity contribution in [2.24, 2.45) is 0 Å². The van der Waals surface area contributed by atoms with Gasteiger partial charge in [0, 0.05) is 0 Å². The van der Waals surface area contributed by atoms with E-state index in [-0.39, 0.29) is 17.0 Å². The van der Waals surface area contributed by atoms with Crippen LogP contribution < -0.4 is 4.74 Å². The zero-order chi connectivity index (χ0) is 13.1. The Kier molecular flexibility index (Phi) is 3.61. The van der Waals surface area contributed by atoms with Gasteiger partial charge >= 0.3 is 5.88 Å². The van der Waals surface area contributed by atoms with Gasteiger partial charge in [-0.1, -0.05) is 0 Å². The van der Waals surface area contributed by atoms with Gasteiger partial charge in [0.2, 0.25) is 0 Å². The molecule has 0 aliphatic carbocycles. The summed E-state index contributed by atoms with van der Waals surface area (Å²) in [5, 5.41) is 10.4. The molecule has 0 saturated carbocycles. The zero-order valence-electron chi connectivity index (χ0n) is 8.93. The van der Waals surface area contributed by atoms with E-state index in [1.807, 2.05) is 0 Å². The average Bonchev–Trinajstić information content (AvgIpc) is 2.79. The van der Waals surface area contributed by atoms with Crippen LogP contribution in [0.4, 0.5) is 10.3 Å². The van der Waals surface area contributed by atoms with Crippen LogP contribution in [0.25, 0.3) is 0 Å². The number of nitrogens with zero attached hydrogens (tertiary/aromatic N) is 1. The Hall–Kier alpha value is -1.89. The predicted octanol–water partition coefficient (Wildman–Crippen LogP) is 3.67. The molecular weight excluding hydrogens is 309 g/mol. The van der Waals surface area contributed by atoms with Gasteiger partial charge < -0.3 is 9.15 Å². The molecule has 0 aliphatic rings. The fraction of sp³-hybridized carbons (Fsp3) is 0.0909. The number of furan rings is 1. The fourth-order valence-corrected chi connectivity index (χ4v) is 1.62. The minimum atomic E-state index is -0.627. The maximum atomic E-state index is 13.0. The third-order valence-corrected chi connectivity index (χ3v) is 2.71. The monoisotopic (exact) mass is 315 g/mol. The number of hydrogen-bond acceptors (Lipinski definition) is 4. The summed E-state index contributed by atoms with van der Waals surface area (Å²) < 4.78 is 23.5. The second kappa shape index (κ2) is 5.18. The highest BCUT2D eigenvalue weighted by Crippen LogP contribution is 2.23. The Morgan fingerprint density at radius 1 is 1.39 bits per heavy atom. The summed E-state index contributed by atoms with van der Waals surface area (Å²) in [6.07, 6.45) is 0. The van der Waals surface area contributed by atoms with E-state index < -0.39 is 10.7 Å². The molecule has 2 aromatic rings. The summed E-state index contributed by atoms with van der Waals surface area (Å²) in [5.41, 5.74) is 0. The van der Waals surface area contributed by atoms with Crippen molar-refractivity contribution < 1.29 is 18.5 Å². The summed E-state index contributed by atoms with van der Waals surface area (Å²) in [5.74, 6) is 0.0225. The molecule has 0 N–H and O–H groups in total. The average molecular weight is 316 g/mol. The fourth-order valence-electron chi connectivity index (χ4n) is 1.26. The first kappa shape index (κ1) is 12.6. The largest absolute Gasteiger partial charge is 0.486 e. The zero-order valence-corrected chi connectivity index (χ0v) is 10.5. The first-order valence-electron chi connectivity index (χ1n) is 4.87. The lowest BCUT2D eigenvalue weighted by molar-refractivity contribution is -0.402. The summed E-state index contributed by atoms with van der Waals surface area (Å²) in [6, 6.07) is 6.88. The van der Waals surface area contributed by atoms with E-state index in [9.17, 15) is 14.5 Å². The molecule has 0 saturated heterocycles. The Balaban J connectivity index is 2.02. The molecule has 0 unspecified atom stereocenters. The molecule has 18 heavy (non-hydrogen) atoms. The molecule has 0 aliphatic heterocycles. The van der Waals surface area contributed by atoms with Gasteiger partial charge in [0.15, 0.2) is 0 Å². The molecule has 1 aromatic heterocycles. The smallest absolute Gasteiger partial charge is 0.433 e. The van der Waals surface area contributed by atoms with E-state index in [4.69, 9.17) is 9.15 Å². The summed E-state index contributed by atoms with van der Waals surface area (Å²) in [4.78, 5) is 9.77. The van der Waals surface area contributed by atoms with Crippen LogP contribution in [-0.4, -0.2) is 4.92 Å². The topological polar surface area (TPSA) is 65.5 Å². The van der Waals surface area contributed by atoms with Gasteiger partial charge in [-0.2, -0.15) is 0 Å². The Bertz CT molecular complexity index is 584. The molecule has 5 nitrogen and oxygen atoms in total. The molecule has 0 spiro atoms. The lowest BCUT2D eigenvalue weighted by Crippen LogP contribution is -1.94. The summed E-state index contributed by atoms with van der Waals surface area (Å²) in [7, 11) is 0. The third-order valence-electron chi connectivity index (χ3n) is 2.10. The van der Waals surface area contributed by atoms with Gasteiger partial charge in [0.05, 0.1) is 10.5 Å². The molecule has 0 amide bonds. The molecule has 94 valence electrons. The van der Waals surface area contributed by atoms with Gasteiger partial charge in [0.1, 0.15) is 28.9 Å². The number of halogens is 2. The number of nitro groups is 1. The first-order valence-corrected chi connectivity index (χ1v) is 5.66. The minimum absolute atomic E-state index is 0.0336. The van der Waals surface area contributed by atoms with E-state index in [1.165, 1.54) is 30.3 Å². The van der Waals surface area contributed by atoms with Crippen LogP contribution >= 0.6 is 15.9 Å². The summed E-state index contributed by atoms with van der Waals surface area (Å²) >= 11 is 3.03. The van der Waals surface area contributed by atoms with Crippen LogP contribution in [0.1, 0.15) is 5.76 Å². The molecule has 0 atom stereocenters. The molecule has 0 radical (unpaired) electrons. The van der Waals surface area contributed by atoms with Crippen molar-refractivity contribution in [3.05, 3.63) is 56.5 Å². The van der Waals surface area contributed by atoms with E-state index in [2.05, 4.69) is 15.9 Å². The highest BCUT2D eigenvalue weighted by Gasteiger charge is 2.12. The number of benzene rings is 1. The highest BCUT2D eigenvalue weighted by molar-refractivity contribution is 9.10. The lowest BCUT2D eigenvalue weighted by atomic mass is 10.3. The van der Waals surface area contributed by atoms with Crippen molar-refractivity contribution in [3.63, 3.8) is 0 Å². The molecule has 0 fully saturated rings.